The average Bonchev–Trinajstić information content (AvgIpc) is 2.73. The number of primary amides is 1. The maximum absolute atomic E-state index is 13.8. The van der Waals surface area contributed by atoms with E-state index in [1.165, 1.54) is 16.8 Å². The Labute approximate surface area is 189 Å². The zero-order valence-corrected chi connectivity index (χ0v) is 18.7. The molecular formula is C20H19BrF2N6O3. The summed E-state index contributed by atoms with van der Waals surface area (Å²) in [5.74, 6) is -0.903. The predicted octanol–water partition coefficient (Wildman–Crippen LogP) is 2.22. The molecule has 3 rings (SSSR count). The molecule has 3 aromatic rings. The number of carbonyl (C=O) groups excluding carboxylic acids is 1. The molecule has 0 saturated carbocycles. The van der Waals surface area contributed by atoms with Crippen molar-refractivity contribution in [1.29, 1.82) is 0 Å². The smallest absolute Gasteiger partial charge is 0.272 e. The van der Waals surface area contributed by atoms with Crippen molar-refractivity contribution < 1.29 is 18.3 Å². The highest BCUT2D eigenvalue weighted by atomic mass is 79.9. The fourth-order valence-electron chi connectivity index (χ4n) is 2.78. The van der Waals surface area contributed by atoms with Crippen molar-refractivity contribution >= 4 is 27.7 Å². The summed E-state index contributed by atoms with van der Waals surface area (Å²) in [5, 5.41) is 2.83. The van der Waals surface area contributed by atoms with Gasteiger partial charge in [0, 0.05) is 23.4 Å². The normalized spacial score (nSPS) is 10.8. The molecule has 1 amide bonds. The van der Waals surface area contributed by atoms with Crippen LogP contribution in [0.25, 0.3) is 0 Å². The molecule has 168 valence electrons. The van der Waals surface area contributed by atoms with Crippen LogP contribution in [0.2, 0.25) is 0 Å². The summed E-state index contributed by atoms with van der Waals surface area (Å²) in [5.41, 5.74) is 5.38. The van der Waals surface area contributed by atoms with Gasteiger partial charge in [0.05, 0.1) is 13.1 Å². The van der Waals surface area contributed by atoms with Gasteiger partial charge in [0.15, 0.2) is 0 Å². The topological polar surface area (TPSA) is 125 Å². The number of hydrogen-bond donors (Lipinski definition) is 2. The Balaban J connectivity index is 1.86. The van der Waals surface area contributed by atoms with E-state index >= 15 is 0 Å². The van der Waals surface area contributed by atoms with E-state index in [1.807, 2.05) is 0 Å². The summed E-state index contributed by atoms with van der Waals surface area (Å²) in [6.45, 7) is 2.97. The lowest BCUT2D eigenvalue weighted by atomic mass is 10.2. The van der Waals surface area contributed by atoms with E-state index in [1.54, 1.807) is 13.8 Å². The summed E-state index contributed by atoms with van der Waals surface area (Å²) >= 11 is 3.18. The van der Waals surface area contributed by atoms with E-state index in [0.717, 1.165) is 12.1 Å². The number of nitrogens with zero attached hydrogens (tertiary/aromatic N) is 4. The fraction of sp³-hybridized carbons (Fsp3) is 0.250. The van der Waals surface area contributed by atoms with Crippen molar-refractivity contribution in [2.45, 2.75) is 27.0 Å². The highest BCUT2D eigenvalue weighted by molar-refractivity contribution is 9.10. The Hall–Kier alpha value is -3.41. The summed E-state index contributed by atoms with van der Waals surface area (Å²) in [7, 11) is 0. The van der Waals surface area contributed by atoms with Crippen LogP contribution >= 0.6 is 15.9 Å². The molecule has 2 heterocycles. The lowest BCUT2D eigenvalue weighted by molar-refractivity contribution is -0.116. The molecular weight excluding hydrogens is 490 g/mol. The van der Waals surface area contributed by atoms with Crippen molar-refractivity contribution in [2.24, 2.45) is 5.73 Å². The molecule has 0 unspecified atom stereocenters. The number of carbonyl (C=O) groups is 1. The average molecular weight is 509 g/mol. The van der Waals surface area contributed by atoms with Crippen LogP contribution in [0.5, 0.6) is 5.88 Å². The van der Waals surface area contributed by atoms with Gasteiger partial charge in [-0.15, -0.1) is 0 Å². The van der Waals surface area contributed by atoms with Gasteiger partial charge in [0.1, 0.15) is 40.2 Å². The first-order valence-electron chi connectivity index (χ1n) is 9.34. The number of amides is 1. The molecule has 0 bridgehead atoms. The Kier molecular flexibility index (Phi) is 7.13. The van der Waals surface area contributed by atoms with Crippen LogP contribution in [-0.4, -0.2) is 32.0 Å². The van der Waals surface area contributed by atoms with Gasteiger partial charge in [-0.05, 0) is 41.9 Å². The molecule has 0 aliphatic rings. The van der Waals surface area contributed by atoms with Crippen LogP contribution < -0.4 is 21.3 Å². The molecule has 0 spiro atoms. The molecule has 1 aromatic carbocycles. The van der Waals surface area contributed by atoms with Gasteiger partial charge in [0.2, 0.25) is 11.8 Å². The monoisotopic (exact) mass is 508 g/mol. The molecule has 3 N–H and O–H groups in total. The standard InChI is InChI=1S/C20H19BrF2N6O3/c1-10-25-6-13(18(27-10)26-7-16(24)30)8-29-11(2)28-19(17(21)20(29)31)32-9-12-3-4-14(22)5-15(12)23/h3-6H,7-9H2,1-2H3,(H2,24,30)(H,25,26,27). The highest BCUT2D eigenvalue weighted by Gasteiger charge is 2.17. The van der Waals surface area contributed by atoms with Crippen LogP contribution in [0.3, 0.4) is 0 Å². The van der Waals surface area contributed by atoms with E-state index in [-0.39, 0.29) is 35.6 Å². The zero-order chi connectivity index (χ0) is 23.4. The van der Waals surface area contributed by atoms with Gasteiger partial charge >= 0.3 is 0 Å². The SMILES string of the molecule is Cc1ncc(Cn2c(C)nc(OCc3ccc(F)cc3F)c(Br)c2=O)c(NCC(N)=O)n1. The third-order valence-electron chi connectivity index (χ3n) is 4.40. The molecule has 0 saturated heterocycles. The van der Waals surface area contributed by atoms with Crippen LogP contribution in [-0.2, 0) is 17.9 Å². The molecule has 0 fully saturated rings. The van der Waals surface area contributed by atoms with E-state index in [4.69, 9.17) is 10.5 Å². The molecule has 0 aliphatic carbocycles. The predicted molar refractivity (Wildman–Crippen MR) is 115 cm³/mol. The first-order valence-corrected chi connectivity index (χ1v) is 10.1. The number of halogens is 3. The van der Waals surface area contributed by atoms with Gasteiger partial charge in [-0.2, -0.15) is 4.98 Å². The Morgan fingerprint density at radius 1 is 1.25 bits per heavy atom. The Morgan fingerprint density at radius 3 is 2.69 bits per heavy atom. The lowest BCUT2D eigenvalue weighted by Crippen LogP contribution is -2.27. The second-order valence-corrected chi connectivity index (χ2v) is 7.60. The molecule has 0 atom stereocenters. The lowest BCUT2D eigenvalue weighted by Gasteiger charge is -2.15. The van der Waals surface area contributed by atoms with Crippen LogP contribution in [0.4, 0.5) is 14.6 Å². The first kappa shape index (κ1) is 23.3. The minimum atomic E-state index is -0.762. The van der Waals surface area contributed by atoms with Crippen molar-refractivity contribution in [3.63, 3.8) is 0 Å². The molecule has 32 heavy (non-hydrogen) atoms. The quantitative estimate of drug-likeness (QED) is 0.477. The van der Waals surface area contributed by atoms with Crippen molar-refractivity contribution in [2.75, 3.05) is 11.9 Å². The second kappa shape index (κ2) is 9.81. The van der Waals surface area contributed by atoms with Gasteiger partial charge in [0.25, 0.3) is 5.56 Å². The van der Waals surface area contributed by atoms with Crippen molar-refractivity contribution in [3.05, 3.63) is 73.6 Å². The zero-order valence-electron chi connectivity index (χ0n) is 17.2. The number of benzene rings is 1. The minimum Gasteiger partial charge on any atom is -0.472 e. The van der Waals surface area contributed by atoms with Gasteiger partial charge < -0.3 is 15.8 Å². The number of ether oxygens (including phenoxy) is 1. The summed E-state index contributed by atoms with van der Waals surface area (Å²) in [6, 6.07) is 3.11. The minimum absolute atomic E-state index is 0.0280. The van der Waals surface area contributed by atoms with Gasteiger partial charge in [-0.25, -0.2) is 18.7 Å². The third-order valence-corrected chi connectivity index (χ3v) is 5.08. The van der Waals surface area contributed by atoms with Gasteiger partial charge in [-0.3, -0.25) is 14.2 Å². The summed E-state index contributed by atoms with van der Waals surface area (Å²) in [4.78, 5) is 36.7. The number of aryl methyl sites for hydroxylation is 2. The van der Waals surface area contributed by atoms with Crippen molar-refractivity contribution in [3.8, 4) is 5.88 Å². The Morgan fingerprint density at radius 2 is 2.00 bits per heavy atom. The molecule has 9 nitrogen and oxygen atoms in total. The maximum atomic E-state index is 13.8. The number of nitrogens with two attached hydrogens (primary N) is 1. The fourth-order valence-corrected chi connectivity index (χ4v) is 3.20. The van der Waals surface area contributed by atoms with Gasteiger partial charge in [-0.1, -0.05) is 0 Å². The number of hydrogen-bond acceptors (Lipinski definition) is 7. The highest BCUT2D eigenvalue weighted by Crippen LogP contribution is 2.22. The van der Waals surface area contributed by atoms with E-state index in [0.29, 0.717) is 23.0 Å². The number of rotatable bonds is 8. The number of anilines is 1. The van der Waals surface area contributed by atoms with E-state index in [9.17, 15) is 18.4 Å². The first-order chi connectivity index (χ1) is 15.2. The largest absolute Gasteiger partial charge is 0.472 e. The molecule has 12 heteroatoms. The van der Waals surface area contributed by atoms with Crippen LogP contribution in [0.1, 0.15) is 22.8 Å². The van der Waals surface area contributed by atoms with Crippen molar-refractivity contribution in [1.82, 2.24) is 19.5 Å². The molecule has 0 radical (unpaired) electrons. The van der Waals surface area contributed by atoms with Crippen LogP contribution in [0.15, 0.2) is 33.7 Å². The molecule has 0 aliphatic heterocycles. The van der Waals surface area contributed by atoms with Crippen LogP contribution in [0, 0.1) is 25.5 Å². The Bertz CT molecular complexity index is 1230. The maximum Gasteiger partial charge on any atom is 0.272 e. The molecule has 2 aromatic heterocycles. The summed E-state index contributed by atoms with van der Waals surface area (Å²) in [6.07, 6.45) is 1.53. The van der Waals surface area contributed by atoms with E-state index < -0.39 is 23.1 Å². The van der Waals surface area contributed by atoms with E-state index in [2.05, 4.69) is 36.2 Å². The second-order valence-electron chi connectivity index (χ2n) is 6.80. The number of aromatic nitrogens is 4. The third kappa shape index (κ3) is 5.44. The number of nitrogens with one attached hydrogen (secondary N) is 1. The summed E-state index contributed by atoms with van der Waals surface area (Å²) < 4.78 is 33.8.